The molecule has 3 rings (SSSR count). The SMILES string of the molecule is CCOc1cc(C(=CC#N)c2ccc3ccn(C)c3c2)ccc1OC. The fraction of sp³-hybridized carbons (Fsp3) is 0.190. The first-order valence-electron chi connectivity index (χ1n) is 8.14. The van der Waals surface area contributed by atoms with Crippen molar-refractivity contribution in [2.75, 3.05) is 13.7 Å². The molecule has 0 N–H and O–H groups in total. The van der Waals surface area contributed by atoms with Gasteiger partial charge in [-0.25, -0.2) is 0 Å². The summed E-state index contributed by atoms with van der Waals surface area (Å²) in [5.41, 5.74) is 3.89. The summed E-state index contributed by atoms with van der Waals surface area (Å²) in [5, 5.41) is 10.4. The van der Waals surface area contributed by atoms with Gasteiger partial charge in [0.1, 0.15) is 0 Å². The van der Waals surface area contributed by atoms with E-state index >= 15 is 0 Å². The molecule has 126 valence electrons. The van der Waals surface area contributed by atoms with Crippen molar-refractivity contribution in [2.45, 2.75) is 6.92 Å². The van der Waals surface area contributed by atoms with Gasteiger partial charge in [0.25, 0.3) is 0 Å². The molecule has 25 heavy (non-hydrogen) atoms. The Hall–Kier alpha value is -3.19. The van der Waals surface area contributed by atoms with Crippen LogP contribution >= 0.6 is 0 Å². The minimum Gasteiger partial charge on any atom is -0.493 e. The summed E-state index contributed by atoms with van der Waals surface area (Å²) in [7, 11) is 3.63. The lowest BCUT2D eigenvalue weighted by Crippen LogP contribution is -1.97. The second-order valence-corrected chi connectivity index (χ2v) is 5.69. The van der Waals surface area contributed by atoms with Crippen LogP contribution in [0.3, 0.4) is 0 Å². The van der Waals surface area contributed by atoms with Crippen LogP contribution in [0.5, 0.6) is 11.5 Å². The maximum atomic E-state index is 9.27. The number of allylic oxidation sites excluding steroid dienone is 1. The molecule has 2 aromatic carbocycles. The van der Waals surface area contributed by atoms with Crippen LogP contribution in [-0.2, 0) is 7.05 Å². The molecule has 0 saturated heterocycles. The Bertz CT molecular complexity index is 977. The van der Waals surface area contributed by atoms with E-state index in [1.54, 1.807) is 13.2 Å². The second-order valence-electron chi connectivity index (χ2n) is 5.69. The third kappa shape index (κ3) is 3.22. The van der Waals surface area contributed by atoms with E-state index < -0.39 is 0 Å². The summed E-state index contributed by atoms with van der Waals surface area (Å²) in [6, 6.07) is 16.2. The number of hydrogen-bond acceptors (Lipinski definition) is 3. The summed E-state index contributed by atoms with van der Waals surface area (Å²) in [6.45, 7) is 2.48. The zero-order valence-corrected chi connectivity index (χ0v) is 14.6. The van der Waals surface area contributed by atoms with Gasteiger partial charge in [0.05, 0.1) is 19.8 Å². The number of aryl methyl sites for hydroxylation is 1. The van der Waals surface area contributed by atoms with Gasteiger partial charge in [0.15, 0.2) is 11.5 Å². The highest BCUT2D eigenvalue weighted by molar-refractivity contribution is 5.89. The predicted octanol–water partition coefficient (Wildman–Crippen LogP) is 4.54. The lowest BCUT2D eigenvalue weighted by atomic mass is 9.96. The molecule has 0 amide bonds. The van der Waals surface area contributed by atoms with Gasteiger partial charge in [-0.3, -0.25) is 0 Å². The molecule has 0 atom stereocenters. The number of hydrogen-bond donors (Lipinski definition) is 0. The highest BCUT2D eigenvalue weighted by Gasteiger charge is 2.11. The zero-order chi connectivity index (χ0) is 17.8. The van der Waals surface area contributed by atoms with Gasteiger partial charge < -0.3 is 14.0 Å². The van der Waals surface area contributed by atoms with Crippen molar-refractivity contribution in [3.8, 4) is 17.6 Å². The van der Waals surface area contributed by atoms with Crippen LogP contribution in [0.2, 0.25) is 0 Å². The summed E-state index contributed by atoms with van der Waals surface area (Å²) in [4.78, 5) is 0. The van der Waals surface area contributed by atoms with E-state index in [0.717, 1.165) is 22.2 Å². The minimum absolute atomic E-state index is 0.548. The first-order chi connectivity index (χ1) is 12.2. The monoisotopic (exact) mass is 332 g/mol. The van der Waals surface area contributed by atoms with Crippen molar-refractivity contribution >= 4 is 16.5 Å². The van der Waals surface area contributed by atoms with Crippen molar-refractivity contribution in [1.82, 2.24) is 4.57 Å². The number of ether oxygens (including phenoxy) is 2. The standard InChI is InChI=1S/C21H20N2O2/c1-4-25-21-14-17(7-8-20(21)24-3)18(9-11-22)16-6-5-15-10-12-23(2)19(15)13-16/h5-10,12-14H,4H2,1-3H3. The van der Waals surface area contributed by atoms with Crippen LogP contribution in [0.25, 0.3) is 16.5 Å². The average Bonchev–Trinajstić information content (AvgIpc) is 3.00. The topological polar surface area (TPSA) is 47.2 Å². The average molecular weight is 332 g/mol. The van der Waals surface area contributed by atoms with E-state index in [1.807, 2.05) is 44.4 Å². The van der Waals surface area contributed by atoms with Crippen molar-refractivity contribution in [1.29, 1.82) is 5.26 Å². The summed E-state index contributed by atoms with van der Waals surface area (Å²) < 4.78 is 13.1. The summed E-state index contributed by atoms with van der Waals surface area (Å²) in [5.74, 6) is 1.35. The molecule has 0 aliphatic heterocycles. The number of methoxy groups -OCH3 is 1. The lowest BCUT2D eigenvalue weighted by molar-refractivity contribution is 0.311. The molecule has 0 bridgehead atoms. The fourth-order valence-corrected chi connectivity index (χ4v) is 2.94. The van der Waals surface area contributed by atoms with Gasteiger partial charge in [0, 0.05) is 24.8 Å². The van der Waals surface area contributed by atoms with Crippen molar-refractivity contribution in [3.63, 3.8) is 0 Å². The van der Waals surface area contributed by atoms with Gasteiger partial charge in [-0.2, -0.15) is 5.26 Å². The minimum atomic E-state index is 0.548. The third-order valence-corrected chi connectivity index (χ3v) is 4.18. The molecule has 0 fully saturated rings. The number of nitriles is 1. The van der Waals surface area contributed by atoms with E-state index in [4.69, 9.17) is 9.47 Å². The lowest BCUT2D eigenvalue weighted by Gasteiger charge is -2.13. The van der Waals surface area contributed by atoms with Crippen LogP contribution in [0.15, 0.2) is 54.7 Å². The normalized spacial score (nSPS) is 11.4. The quantitative estimate of drug-likeness (QED) is 0.644. The Kier molecular flexibility index (Phi) is 4.76. The summed E-state index contributed by atoms with van der Waals surface area (Å²) in [6.07, 6.45) is 3.60. The van der Waals surface area contributed by atoms with Gasteiger partial charge in [0.2, 0.25) is 0 Å². The second kappa shape index (κ2) is 7.14. The smallest absolute Gasteiger partial charge is 0.161 e. The molecular formula is C21H20N2O2. The maximum absolute atomic E-state index is 9.27. The number of fused-ring (bicyclic) bond motifs is 1. The molecule has 3 aromatic rings. The summed E-state index contributed by atoms with van der Waals surface area (Å²) >= 11 is 0. The molecule has 4 heteroatoms. The van der Waals surface area contributed by atoms with Crippen LogP contribution in [-0.4, -0.2) is 18.3 Å². The Labute approximate surface area is 147 Å². The first kappa shape index (κ1) is 16.7. The Morgan fingerprint density at radius 2 is 1.88 bits per heavy atom. The number of nitrogens with zero attached hydrogens (tertiary/aromatic N) is 2. The van der Waals surface area contributed by atoms with Gasteiger partial charge >= 0.3 is 0 Å². The molecule has 0 radical (unpaired) electrons. The van der Waals surface area contributed by atoms with Crippen LogP contribution in [0.1, 0.15) is 18.1 Å². The molecule has 0 saturated carbocycles. The van der Waals surface area contributed by atoms with E-state index in [9.17, 15) is 5.26 Å². The van der Waals surface area contributed by atoms with Gasteiger partial charge in [-0.05, 0) is 53.3 Å². The Balaban J connectivity index is 2.12. The van der Waals surface area contributed by atoms with Crippen molar-refractivity contribution < 1.29 is 9.47 Å². The van der Waals surface area contributed by atoms with E-state index in [0.29, 0.717) is 18.1 Å². The molecule has 0 aliphatic carbocycles. The molecule has 1 heterocycles. The highest BCUT2D eigenvalue weighted by Crippen LogP contribution is 2.34. The van der Waals surface area contributed by atoms with Crippen LogP contribution in [0, 0.1) is 11.3 Å². The van der Waals surface area contributed by atoms with Crippen molar-refractivity contribution in [3.05, 3.63) is 65.9 Å². The highest BCUT2D eigenvalue weighted by atomic mass is 16.5. The molecule has 0 spiro atoms. The van der Waals surface area contributed by atoms with E-state index in [1.165, 1.54) is 5.39 Å². The molecule has 4 nitrogen and oxygen atoms in total. The van der Waals surface area contributed by atoms with Crippen LogP contribution in [0.4, 0.5) is 0 Å². The van der Waals surface area contributed by atoms with Gasteiger partial charge in [-0.15, -0.1) is 0 Å². The predicted molar refractivity (Wildman–Crippen MR) is 99.8 cm³/mol. The molecule has 0 aliphatic rings. The van der Waals surface area contributed by atoms with E-state index in [-0.39, 0.29) is 0 Å². The van der Waals surface area contributed by atoms with Gasteiger partial charge in [-0.1, -0.05) is 18.2 Å². The number of benzene rings is 2. The van der Waals surface area contributed by atoms with Crippen molar-refractivity contribution in [2.24, 2.45) is 7.05 Å². The van der Waals surface area contributed by atoms with E-state index in [2.05, 4.69) is 28.8 Å². The molecule has 0 unspecified atom stereocenters. The largest absolute Gasteiger partial charge is 0.493 e. The molecular weight excluding hydrogens is 312 g/mol. The number of rotatable bonds is 5. The third-order valence-electron chi connectivity index (χ3n) is 4.18. The Morgan fingerprint density at radius 1 is 1.12 bits per heavy atom. The molecule has 1 aromatic heterocycles. The maximum Gasteiger partial charge on any atom is 0.161 e. The number of aromatic nitrogens is 1. The Morgan fingerprint density at radius 3 is 2.60 bits per heavy atom. The first-order valence-corrected chi connectivity index (χ1v) is 8.14. The van der Waals surface area contributed by atoms with Crippen LogP contribution < -0.4 is 9.47 Å². The fourth-order valence-electron chi connectivity index (χ4n) is 2.94. The zero-order valence-electron chi connectivity index (χ0n) is 14.6.